The lowest BCUT2D eigenvalue weighted by molar-refractivity contribution is 0.138. The van der Waals surface area contributed by atoms with E-state index in [1.807, 2.05) is 11.4 Å². The van der Waals surface area contributed by atoms with E-state index < -0.39 is 17.7 Å². The van der Waals surface area contributed by atoms with Gasteiger partial charge in [0.15, 0.2) is 0 Å². The number of anilines is 1. The third kappa shape index (κ3) is 4.80. The summed E-state index contributed by atoms with van der Waals surface area (Å²) in [5.41, 5.74) is -0.0385. The number of benzene rings is 1. The summed E-state index contributed by atoms with van der Waals surface area (Å²) in [5.74, 6) is -0.738. The van der Waals surface area contributed by atoms with E-state index in [9.17, 15) is 13.6 Å². The molecule has 1 aromatic carbocycles. The van der Waals surface area contributed by atoms with Crippen molar-refractivity contribution < 1.29 is 13.6 Å². The average molecular weight is 379 g/mol. The number of hydrogen-bond acceptors (Lipinski definition) is 3. The highest BCUT2D eigenvalue weighted by molar-refractivity contribution is 7.10. The summed E-state index contributed by atoms with van der Waals surface area (Å²) in [4.78, 5) is 15.8. The minimum Gasteiger partial charge on any atom is -0.336 e. The molecule has 7 heteroatoms. The van der Waals surface area contributed by atoms with E-state index in [4.69, 9.17) is 0 Å². The summed E-state index contributed by atoms with van der Waals surface area (Å²) in [6.07, 6.45) is 2.30. The number of nitrogens with zero attached hydrogens (tertiary/aromatic N) is 1. The van der Waals surface area contributed by atoms with E-state index in [1.54, 1.807) is 11.3 Å². The van der Waals surface area contributed by atoms with Crippen molar-refractivity contribution in [3.63, 3.8) is 0 Å². The molecule has 1 aliphatic rings. The van der Waals surface area contributed by atoms with Crippen LogP contribution in [0.1, 0.15) is 30.7 Å². The maximum atomic E-state index is 13.7. The Bertz CT molecular complexity index is 730. The van der Waals surface area contributed by atoms with Gasteiger partial charge in [-0.15, -0.1) is 11.3 Å². The van der Waals surface area contributed by atoms with E-state index in [1.165, 1.54) is 10.9 Å². The Morgan fingerprint density at radius 2 is 2.08 bits per heavy atom. The smallest absolute Gasteiger partial charge is 0.319 e. The molecule has 1 fully saturated rings. The summed E-state index contributed by atoms with van der Waals surface area (Å²) in [6, 6.07) is 6.77. The fraction of sp³-hybridized carbons (Fsp3) is 0.421. The van der Waals surface area contributed by atoms with Gasteiger partial charge in [0, 0.05) is 17.5 Å². The molecular weight excluding hydrogens is 356 g/mol. The maximum absolute atomic E-state index is 13.7. The van der Waals surface area contributed by atoms with E-state index in [-0.39, 0.29) is 11.7 Å². The lowest BCUT2D eigenvalue weighted by Crippen LogP contribution is -2.42. The van der Waals surface area contributed by atoms with Gasteiger partial charge in [-0.25, -0.2) is 13.6 Å². The molecule has 0 aliphatic carbocycles. The molecular formula is C19H23F2N3OS. The van der Waals surface area contributed by atoms with Crippen LogP contribution in [0.3, 0.4) is 0 Å². The molecule has 1 atom stereocenters. The third-order valence-corrected chi connectivity index (χ3v) is 5.74. The Kier molecular flexibility index (Phi) is 6.21. The summed E-state index contributed by atoms with van der Waals surface area (Å²) in [6.45, 7) is 4.70. The molecule has 0 saturated carbocycles. The molecule has 1 aliphatic heterocycles. The maximum Gasteiger partial charge on any atom is 0.319 e. The zero-order valence-electron chi connectivity index (χ0n) is 14.7. The minimum atomic E-state index is -0.792. The van der Waals surface area contributed by atoms with Crippen LogP contribution < -0.4 is 10.6 Å². The Hall–Kier alpha value is -1.99. The van der Waals surface area contributed by atoms with Crippen LogP contribution in [0.5, 0.6) is 0 Å². The number of hydrogen-bond donors (Lipinski definition) is 2. The number of thiophene rings is 1. The summed E-state index contributed by atoms with van der Waals surface area (Å²) in [5, 5.41) is 7.30. The molecule has 1 saturated heterocycles. The van der Waals surface area contributed by atoms with E-state index in [0.29, 0.717) is 6.54 Å². The molecule has 26 heavy (non-hydrogen) atoms. The SMILES string of the molecule is CC1CCN([C@H](CNC(=O)Nc2ccc(F)cc2F)c2cccs2)CC1. The minimum absolute atomic E-state index is 0.0385. The molecule has 0 radical (unpaired) electrons. The van der Waals surface area contributed by atoms with E-state index in [2.05, 4.69) is 28.5 Å². The van der Waals surface area contributed by atoms with Crippen molar-refractivity contribution in [1.29, 1.82) is 0 Å². The molecule has 2 aromatic rings. The van der Waals surface area contributed by atoms with Gasteiger partial charge in [0.25, 0.3) is 0 Å². The first-order valence-corrected chi connectivity index (χ1v) is 9.68. The molecule has 2 N–H and O–H groups in total. The Balaban J connectivity index is 1.61. The van der Waals surface area contributed by atoms with E-state index in [0.717, 1.165) is 44.0 Å². The molecule has 2 heterocycles. The highest BCUT2D eigenvalue weighted by Gasteiger charge is 2.25. The van der Waals surface area contributed by atoms with Crippen molar-refractivity contribution in [3.05, 3.63) is 52.2 Å². The summed E-state index contributed by atoms with van der Waals surface area (Å²) in [7, 11) is 0. The second-order valence-electron chi connectivity index (χ2n) is 6.71. The monoisotopic (exact) mass is 379 g/mol. The van der Waals surface area contributed by atoms with Gasteiger partial charge in [0.2, 0.25) is 0 Å². The largest absolute Gasteiger partial charge is 0.336 e. The van der Waals surface area contributed by atoms with E-state index >= 15 is 0 Å². The molecule has 4 nitrogen and oxygen atoms in total. The van der Waals surface area contributed by atoms with Gasteiger partial charge in [0.05, 0.1) is 11.7 Å². The standard InChI is InChI=1S/C19H23F2N3OS/c1-13-6-8-24(9-7-13)17(18-3-2-10-26-18)12-22-19(25)23-16-5-4-14(20)11-15(16)21/h2-5,10-11,13,17H,6-9,12H2,1H3,(H2,22,23,25)/t17-/m1/s1. The zero-order valence-corrected chi connectivity index (χ0v) is 15.5. The molecule has 2 amide bonds. The summed E-state index contributed by atoms with van der Waals surface area (Å²) < 4.78 is 26.6. The van der Waals surface area contributed by atoms with Crippen LogP contribution in [-0.2, 0) is 0 Å². The second-order valence-corrected chi connectivity index (χ2v) is 7.69. The number of rotatable bonds is 5. The van der Waals surface area contributed by atoms with Crippen LogP contribution in [0.4, 0.5) is 19.3 Å². The van der Waals surface area contributed by atoms with Gasteiger partial charge in [-0.05, 0) is 55.4 Å². The van der Waals surface area contributed by atoms with Crippen molar-refractivity contribution >= 4 is 23.1 Å². The molecule has 0 unspecified atom stereocenters. The highest BCUT2D eigenvalue weighted by atomic mass is 32.1. The van der Waals surface area contributed by atoms with Crippen LogP contribution in [0.15, 0.2) is 35.7 Å². The number of halogens is 2. The summed E-state index contributed by atoms with van der Waals surface area (Å²) >= 11 is 1.67. The third-order valence-electron chi connectivity index (χ3n) is 4.77. The second kappa shape index (κ2) is 8.60. The molecule has 3 rings (SSSR count). The van der Waals surface area contributed by atoms with Gasteiger partial charge >= 0.3 is 6.03 Å². The number of nitrogens with one attached hydrogen (secondary N) is 2. The van der Waals surface area contributed by atoms with Crippen LogP contribution in [-0.4, -0.2) is 30.6 Å². The van der Waals surface area contributed by atoms with Gasteiger partial charge in [-0.3, -0.25) is 4.90 Å². The number of amides is 2. The number of urea groups is 1. The normalized spacial score (nSPS) is 17.0. The van der Waals surface area contributed by atoms with Crippen molar-refractivity contribution in [3.8, 4) is 0 Å². The number of piperidine rings is 1. The van der Waals surface area contributed by atoms with Gasteiger partial charge in [-0.1, -0.05) is 13.0 Å². The number of carbonyl (C=O) groups excluding carboxylic acids is 1. The molecule has 140 valence electrons. The number of carbonyl (C=O) groups is 1. The molecule has 0 bridgehead atoms. The van der Waals surface area contributed by atoms with Crippen LogP contribution in [0, 0.1) is 17.6 Å². The first kappa shape index (κ1) is 18.8. The lowest BCUT2D eigenvalue weighted by atomic mass is 9.97. The first-order valence-electron chi connectivity index (χ1n) is 8.80. The average Bonchev–Trinajstić information content (AvgIpc) is 3.13. The highest BCUT2D eigenvalue weighted by Crippen LogP contribution is 2.29. The predicted molar refractivity (Wildman–Crippen MR) is 100 cm³/mol. The van der Waals surface area contributed by atoms with Gasteiger partial charge in [0.1, 0.15) is 11.6 Å². The Morgan fingerprint density at radius 3 is 2.73 bits per heavy atom. The first-order chi connectivity index (χ1) is 12.5. The van der Waals surface area contributed by atoms with Crippen LogP contribution >= 0.6 is 11.3 Å². The fourth-order valence-electron chi connectivity index (χ4n) is 3.18. The van der Waals surface area contributed by atoms with Crippen LogP contribution in [0.2, 0.25) is 0 Å². The zero-order chi connectivity index (χ0) is 18.5. The van der Waals surface area contributed by atoms with Crippen molar-refractivity contribution in [2.45, 2.75) is 25.8 Å². The Morgan fingerprint density at radius 1 is 1.31 bits per heavy atom. The fourth-order valence-corrected chi connectivity index (χ4v) is 4.04. The topological polar surface area (TPSA) is 44.4 Å². The number of likely N-dealkylation sites (tertiary alicyclic amines) is 1. The molecule has 1 aromatic heterocycles. The van der Waals surface area contributed by atoms with Crippen molar-refractivity contribution in [2.75, 3.05) is 25.0 Å². The Labute approximate surface area is 156 Å². The molecule has 0 spiro atoms. The van der Waals surface area contributed by atoms with Gasteiger partial charge in [-0.2, -0.15) is 0 Å². The van der Waals surface area contributed by atoms with Crippen molar-refractivity contribution in [2.24, 2.45) is 5.92 Å². The van der Waals surface area contributed by atoms with Gasteiger partial charge < -0.3 is 10.6 Å². The quantitative estimate of drug-likeness (QED) is 0.796. The van der Waals surface area contributed by atoms with Crippen molar-refractivity contribution in [1.82, 2.24) is 10.2 Å². The lowest BCUT2D eigenvalue weighted by Gasteiger charge is -2.36. The predicted octanol–water partition coefficient (Wildman–Crippen LogP) is 4.62. The van der Waals surface area contributed by atoms with Crippen LogP contribution in [0.25, 0.3) is 0 Å².